The topological polar surface area (TPSA) is 26.3 Å². The highest BCUT2D eigenvalue weighted by Gasteiger charge is 2.03. The van der Waals surface area contributed by atoms with Crippen LogP contribution in [0.3, 0.4) is 0 Å². The summed E-state index contributed by atoms with van der Waals surface area (Å²) in [7, 11) is 0. The largest absolute Gasteiger partial charge is 0.494 e. The van der Waals surface area contributed by atoms with E-state index in [0.29, 0.717) is 0 Å². The molecule has 3 heteroatoms. The van der Waals surface area contributed by atoms with Gasteiger partial charge in [0.15, 0.2) is 5.78 Å². The summed E-state index contributed by atoms with van der Waals surface area (Å²) < 4.78 is 5.93. The Morgan fingerprint density at radius 3 is 1.62 bits per heavy atom. The first-order chi connectivity index (χ1) is 19.7. The highest BCUT2D eigenvalue weighted by molar-refractivity contribution is 7.99. The van der Waals surface area contributed by atoms with Crippen LogP contribution in [0.5, 0.6) is 5.75 Å². The molecule has 0 N–H and O–H groups in total. The molecule has 0 saturated carbocycles. The molecule has 0 amide bonds. The third-order valence-corrected chi connectivity index (χ3v) is 8.65. The summed E-state index contributed by atoms with van der Waals surface area (Å²) in [6.45, 7) is 5.24. The minimum Gasteiger partial charge on any atom is -0.494 e. The van der Waals surface area contributed by atoms with Gasteiger partial charge in [-0.1, -0.05) is 135 Å². The fourth-order valence-electron chi connectivity index (χ4n) is 4.90. The molecule has 2 aromatic carbocycles. The van der Waals surface area contributed by atoms with Gasteiger partial charge >= 0.3 is 0 Å². The lowest BCUT2D eigenvalue weighted by Gasteiger charge is -2.07. The van der Waals surface area contributed by atoms with Crippen LogP contribution in [0.15, 0.2) is 59.5 Å². The van der Waals surface area contributed by atoms with Crippen molar-refractivity contribution in [1.82, 2.24) is 0 Å². The van der Waals surface area contributed by atoms with Gasteiger partial charge in [-0.2, -0.15) is 0 Å². The zero-order valence-corrected chi connectivity index (χ0v) is 26.5. The molecule has 2 nitrogen and oxygen atoms in total. The predicted octanol–water partition coefficient (Wildman–Crippen LogP) is 12.1. The van der Waals surface area contributed by atoms with Gasteiger partial charge in [0.25, 0.3) is 0 Å². The maximum Gasteiger partial charge on any atom is 0.185 e. The summed E-state index contributed by atoms with van der Waals surface area (Å²) in [5.74, 6) is 2.04. The highest BCUT2D eigenvalue weighted by atomic mass is 32.2. The molecule has 0 saturated heterocycles. The van der Waals surface area contributed by atoms with E-state index in [0.717, 1.165) is 42.1 Å². The van der Waals surface area contributed by atoms with Gasteiger partial charge in [0, 0.05) is 10.5 Å². The number of ketones is 1. The van der Waals surface area contributed by atoms with Crippen molar-refractivity contribution < 1.29 is 9.53 Å². The molecule has 0 aromatic heterocycles. The third-order valence-electron chi connectivity index (χ3n) is 7.44. The number of carbonyl (C=O) groups excluding carboxylic acids is 1. The molecule has 2 aromatic rings. The molecule has 0 heterocycles. The van der Waals surface area contributed by atoms with E-state index in [1.165, 1.54) is 108 Å². The quantitative estimate of drug-likeness (QED) is 0.0519. The summed E-state index contributed by atoms with van der Waals surface area (Å²) in [4.78, 5) is 13.7. The average Bonchev–Trinajstić information content (AvgIpc) is 2.99. The van der Waals surface area contributed by atoms with Crippen molar-refractivity contribution in [3.05, 3.63) is 65.7 Å². The van der Waals surface area contributed by atoms with E-state index in [2.05, 4.69) is 13.8 Å². The molecule has 0 radical (unpaired) electrons. The van der Waals surface area contributed by atoms with Gasteiger partial charge in [-0.3, -0.25) is 4.79 Å². The van der Waals surface area contributed by atoms with Crippen molar-refractivity contribution in [1.29, 1.82) is 0 Å². The molecule has 0 atom stereocenters. The van der Waals surface area contributed by atoms with E-state index in [-0.39, 0.29) is 5.78 Å². The Morgan fingerprint density at radius 1 is 0.625 bits per heavy atom. The number of unbranched alkanes of at least 4 members (excludes halogenated alkanes) is 16. The van der Waals surface area contributed by atoms with Crippen molar-refractivity contribution in [3.63, 3.8) is 0 Å². The Morgan fingerprint density at radius 2 is 1.12 bits per heavy atom. The van der Waals surface area contributed by atoms with Gasteiger partial charge in [0.1, 0.15) is 5.75 Å². The standard InChI is InChI=1S/C37H56O2S/c1-3-5-6-7-8-9-10-11-12-13-14-15-16-17-18-19-20-31-39-35-26-21-33(22-27-35)23-30-37(38)34-24-28-36(29-25-34)40-32-4-2/h21-30H,3-20,31-32H2,1-2H3. The summed E-state index contributed by atoms with van der Waals surface area (Å²) in [6, 6.07) is 15.9. The Bertz CT molecular complexity index is 901. The molecule has 0 unspecified atom stereocenters. The number of carbonyl (C=O) groups is 1. The number of allylic oxidation sites excluding steroid dienone is 1. The van der Waals surface area contributed by atoms with Gasteiger partial charge in [-0.15, -0.1) is 11.8 Å². The fraction of sp³-hybridized carbons (Fsp3) is 0.595. The second-order valence-corrected chi connectivity index (χ2v) is 12.3. The van der Waals surface area contributed by atoms with Crippen molar-refractivity contribution in [2.45, 2.75) is 134 Å². The molecule has 0 bridgehead atoms. The van der Waals surface area contributed by atoms with E-state index < -0.39 is 0 Å². The molecule has 222 valence electrons. The van der Waals surface area contributed by atoms with E-state index in [4.69, 9.17) is 4.74 Å². The maximum atomic E-state index is 12.5. The number of benzene rings is 2. The molecular weight excluding hydrogens is 508 g/mol. The van der Waals surface area contributed by atoms with Gasteiger partial charge in [-0.05, 0) is 66.6 Å². The Kier molecular flexibility index (Phi) is 20.2. The number of rotatable bonds is 25. The van der Waals surface area contributed by atoms with Crippen LogP contribution in [0.4, 0.5) is 0 Å². The second-order valence-electron chi connectivity index (χ2n) is 11.1. The van der Waals surface area contributed by atoms with Gasteiger partial charge < -0.3 is 4.74 Å². The highest BCUT2D eigenvalue weighted by Crippen LogP contribution is 2.20. The third kappa shape index (κ3) is 17.0. The van der Waals surface area contributed by atoms with E-state index in [1.54, 1.807) is 6.08 Å². The average molecular weight is 565 g/mol. The molecule has 0 aliphatic rings. The SMILES string of the molecule is CCCCCCCCCCCCCCCCCCCOc1ccc(C=CC(=O)c2ccc(SCCC)cc2)cc1. The minimum absolute atomic E-state index is 0.0335. The normalized spacial score (nSPS) is 11.3. The number of thioether (sulfide) groups is 1. The second kappa shape index (κ2) is 23.7. The van der Waals surface area contributed by atoms with E-state index >= 15 is 0 Å². The smallest absolute Gasteiger partial charge is 0.185 e. The van der Waals surface area contributed by atoms with Gasteiger partial charge in [0.2, 0.25) is 0 Å². The summed E-state index contributed by atoms with van der Waals surface area (Å²) in [5.41, 5.74) is 1.74. The van der Waals surface area contributed by atoms with Crippen LogP contribution in [-0.4, -0.2) is 18.1 Å². The molecule has 0 fully saturated rings. The summed E-state index contributed by atoms with van der Waals surface area (Å²) >= 11 is 1.83. The van der Waals surface area contributed by atoms with Crippen molar-refractivity contribution >= 4 is 23.6 Å². The van der Waals surface area contributed by atoms with Crippen LogP contribution in [0.25, 0.3) is 6.08 Å². The van der Waals surface area contributed by atoms with Crippen molar-refractivity contribution in [2.75, 3.05) is 12.4 Å². The predicted molar refractivity (Wildman–Crippen MR) is 177 cm³/mol. The number of hydrogen-bond acceptors (Lipinski definition) is 3. The van der Waals surface area contributed by atoms with Gasteiger partial charge in [-0.25, -0.2) is 0 Å². The Labute approximate surface area is 250 Å². The van der Waals surface area contributed by atoms with Crippen LogP contribution in [0.2, 0.25) is 0 Å². The molecule has 0 aliphatic heterocycles. The number of hydrogen-bond donors (Lipinski definition) is 0. The zero-order valence-electron chi connectivity index (χ0n) is 25.6. The minimum atomic E-state index is 0.0335. The van der Waals surface area contributed by atoms with Crippen LogP contribution >= 0.6 is 11.8 Å². The van der Waals surface area contributed by atoms with E-state index in [9.17, 15) is 4.79 Å². The maximum absolute atomic E-state index is 12.5. The van der Waals surface area contributed by atoms with Crippen LogP contribution in [0.1, 0.15) is 145 Å². The first-order valence-electron chi connectivity index (χ1n) is 16.4. The summed E-state index contributed by atoms with van der Waals surface area (Å²) in [6.07, 6.45) is 28.3. The number of ether oxygens (including phenoxy) is 1. The molecule has 0 aliphatic carbocycles. The Hall–Kier alpha value is -2.00. The van der Waals surface area contributed by atoms with Crippen molar-refractivity contribution in [2.24, 2.45) is 0 Å². The summed E-state index contributed by atoms with van der Waals surface area (Å²) in [5, 5.41) is 0. The van der Waals surface area contributed by atoms with Crippen LogP contribution < -0.4 is 4.74 Å². The molecule has 0 spiro atoms. The molecular formula is C37H56O2S. The van der Waals surface area contributed by atoms with Crippen molar-refractivity contribution in [3.8, 4) is 5.75 Å². The lowest BCUT2D eigenvalue weighted by atomic mass is 10.0. The first kappa shape index (κ1) is 34.2. The fourth-order valence-corrected chi connectivity index (χ4v) is 5.66. The van der Waals surface area contributed by atoms with E-state index in [1.807, 2.05) is 66.4 Å². The van der Waals surface area contributed by atoms with Crippen LogP contribution in [0, 0.1) is 0 Å². The Balaban J connectivity index is 1.44. The van der Waals surface area contributed by atoms with Crippen LogP contribution in [-0.2, 0) is 0 Å². The monoisotopic (exact) mass is 564 g/mol. The zero-order chi connectivity index (χ0) is 28.5. The van der Waals surface area contributed by atoms with Gasteiger partial charge in [0.05, 0.1) is 6.61 Å². The molecule has 2 rings (SSSR count). The molecule has 40 heavy (non-hydrogen) atoms. The first-order valence-corrected chi connectivity index (χ1v) is 17.4. The lowest BCUT2D eigenvalue weighted by molar-refractivity contribution is 0.104. The lowest BCUT2D eigenvalue weighted by Crippen LogP contribution is -1.97.